The second kappa shape index (κ2) is 308. The summed E-state index contributed by atoms with van der Waals surface area (Å²) in [5.41, 5.74) is 0. The molecule has 0 atom stereocenters. The topological polar surface area (TPSA) is 106 Å². The molecule has 0 saturated heterocycles. The first kappa shape index (κ1) is 106. The third-order valence-corrected chi connectivity index (χ3v) is 0. The Bertz CT molecular complexity index is 9.65. The second-order valence-electron chi connectivity index (χ2n) is 0. The van der Waals surface area contributed by atoms with Gasteiger partial charge in [0.15, 0.2) is 0 Å². The first-order valence-corrected chi connectivity index (χ1v) is 0.447. The van der Waals surface area contributed by atoms with E-state index in [9.17, 15) is 0 Å². The number of hydrogen-bond donors (Lipinski definition) is 1. The van der Waals surface area contributed by atoms with Crippen molar-refractivity contribution >= 4 is 0 Å². The van der Waals surface area contributed by atoms with Gasteiger partial charge >= 0.3 is 34.1 Å². The fourth-order valence-corrected chi connectivity index (χ4v) is 0. The fourth-order valence-electron chi connectivity index (χ4n) is 0. The maximum absolute atomic E-state index is 7.00. The van der Waals surface area contributed by atoms with Crippen molar-refractivity contribution in [3.8, 4) is 0 Å². The molecule has 0 saturated carbocycles. The largest absolute Gasteiger partial charge is 3.00 e. The molecule has 4 nitrogen and oxygen atoms in total. The molecule has 1 N–H and O–H groups in total. The Labute approximate surface area is 63.2 Å². The SMILES string of the molecule is CO.[Fe+3].[Fe+3].[O-2].[O-2].[O-2]. The van der Waals surface area contributed by atoms with Gasteiger partial charge in [0, 0.05) is 7.11 Å². The summed E-state index contributed by atoms with van der Waals surface area (Å²) in [6.07, 6.45) is 0. The van der Waals surface area contributed by atoms with Crippen LogP contribution in [0.4, 0.5) is 0 Å². The van der Waals surface area contributed by atoms with Gasteiger partial charge in [-0.15, -0.1) is 0 Å². The monoisotopic (exact) mass is 192 g/mol. The molecule has 0 aromatic rings. The molecule has 0 rings (SSSR count). The minimum atomic E-state index is 0. The first-order chi connectivity index (χ1) is 1.00. The van der Waals surface area contributed by atoms with Crippen molar-refractivity contribution in [2.24, 2.45) is 0 Å². The van der Waals surface area contributed by atoms with Crippen LogP contribution in [0.25, 0.3) is 0 Å². The first-order valence-electron chi connectivity index (χ1n) is 0.447. The second-order valence-corrected chi connectivity index (χ2v) is 0. The van der Waals surface area contributed by atoms with Gasteiger partial charge in [0.1, 0.15) is 0 Å². The number of rotatable bonds is 0. The van der Waals surface area contributed by atoms with E-state index in [1.54, 1.807) is 0 Å². The summed E-state index contributed by atoms with van der Waals surface area (Å²) in [4.78, 5) is 0. The van der Waals surface area contributed by atoms with Gasteiger partial charge in [-0.25, -0.2) is 0 Å². The van der Waals surface area contributed by atoms with Gasteiger partial charge in [-0.1, -0.05) is 0 Å². The number of aliphatic hydroxyl groups excluding tert-OH is 1. The van der Waals surface area contributed by atoms with E-state index in [4.69, 9.17) is 5.11 Å². The minimum Gasteiger partial charge on any atom is -2.00 e. The van der Waals surface area contributed by atoms with Crippen molar-refractivity contribution in [3.63, 3.8) is 0 Å². The maximum Gasteiger partial charge on any atom is 3.00 e. The van der Waals surface area contributed by atoms with Crippen LogP contribution in [0.3, 0.4) is 0 Å². The molecule has 2 radical (unpaired) electrons. The van der Waals surface area contributed by atoms with E-state index in [0.29, 0.717) is 0 Å². The smallest absolute Gasteiger partial charge is 2.00 e. The number of aliphatic hydroxyl groups is 1. The van der Waals surface area contributed by atoms with E-state index in [1.165, 1.54) is 0 Å². The molecule has 0 aromatic heterocycles. The van der Waals surface area contributed by atoms with Crippen LogP contribution >= 0.6 is 0 Å². The number of hydrogen-bond acceptors (Lipinski definition) is 1. The van der Waals surface area contributed by atoms with Crippen molar-refractivity contribution < 1.29 is 55.7 Å². The van der Waals surface area contributed by atoms with Crippen LogP contribution in [0.2, 0.25) is 0 Å². The summed E-state index contributed by atoms with van der Waals surface area (Å²) in [6.45, 7) is 0. The Hall–Kier alpha value is 0.879. The fraction of sp³-hybridized carbons (Fsp3) is 1.00. The Kier molecular flexibility index (Phi) is 4640. The molecule has 0 aliphatic heterocycles. The summed E-state index contributed by atoms with van der Waals surface area (Å²) in [5.74, 6) is 0. The molecule has 0 spiro atoms. The van der Waals surface area contributed by atoms with E-state index in [1.807, 2.05) is 0 Å². The third-order valence-electron chi connectivity index (χ3n) is 0. The molecule has 0 aliphatic carbocycles. The van der Waals surface area contributed by atoms with Gasteiger partial charge < -0.3 is 21.5 Å². The van der Waals surface area contributed by atoms with Gasteiger partial charge in [-0.05, 0) is 0 Å². The van der Waals surface area contributed by atoms with E-state index in [0.717, 1.165) is 7.11 Å². The van der Waals surface area contributed by atoms with E-state index in [2.05, 4.69) is 0 Å². The van der Waals surface area contributed by atoms with Crippen LogP contribution in [0, 0.1) is 0 Å². The summed E-state index contributed by atoms with van der Waals surface area (Å²) >= 11 is 0. The van der Waals surface area contributed by atoms with Crippen LogP contribution in [-0.4, -0.2) is 12.2 Å². The van der Waals surface area contributed by atoms with Gasteiger partial charge in [0.25, 0.3) is 0 Å². The quantitative estimate of drug-likeness (QED) is 0.500. The third kappa shape index (κ3) is 212. The molecular weight excluding hydrogens is 188 g/mol. The standard InChI is InChI=1S/CH4O.2Fe.3O/c1-2;;;;;/h2H,1H3;;;;;/q;2*+3;3*-2. The normalized spacial score (nSPS) is 0.857. The zero-order chi connectivity index (χ0) is 2.00. The zero-order valence-electron chi connectivity index (χ0n) is 3.38. The van der Waals surface area contributed by atoms with Crippen molar-refractivity contribution in [2.45, 2.75) is 0 Å². The molecule has 0 amide bonds. The molecule has 0 heterocycles. The van der Waals surface area contributed by atoms with Crippen LogP contribution in [0.1, 0.15) is 0 Å². The van der Waals surface area contributed by atoms with Gasteiger partial charge in [0.2, 0.25) is 0 Å². The molecule has 6 heteroatoms. The average Bonchev–Trinajstić information content (AvgIpc) is 1.00. The van der Waals surface area contributed by atoms with Crippen LogP contribution in [-0.2, 0) is 50.6 Å². The predicted octanol–water partition coefficient (Wildman–Crippen LogP) is -0.753. The molecule has 0 aliphatic rings. The minimum absolute atomic E-state index is 0. The van der Waals surface area contributed by atoms with Crippen molar-refractivity contribution in [1.82, 2.24) is 0 Å². The molecule has 0 fully saturated rings. The molecular formula is CH4Fe2O4. The molecule has 0 bridgehead atoms. The predicted molar refractivity (Wildman–Crippen MR) is 10.2 cm³/mol. The molecule has 0 unspecified atom stereocenters. The Morgan fingerprint density at radius 2 is 0.714 bits per heavy atom. The van der Waals surface area contributed by atoms with Crippen molar-refractivity contribution in [1.29, 1.82) is 0 Å². The average molecular weight is 192 g/mol. The molecule has 7 heavy (non-hydrogen) atoms. The Morgan fingerprint density at radius 3 is 0.714 bits per heavy atom. The van der Waals surface area contributed by atoms with Crippen molar-refractivity contribution in [3.05, 3.63) is 0 Å². The summed E-state index contributed by atoms with van der Waals surface area (Å²) in [6, 6.07) is 0. The van der Waals surface area contributed by atoms with Gasteiger partial charge in [-0.2, -0.15) is 0 Å². The van der Waals surface area contributed by atoms with E-state index >= 15 is 0 Å². The summed E-state index contributed by atoms with van der Waals surface area (Å²) in [5, 5.41) is 7.00. The van der Waals surface area contributed by atoms with Crippen molar-refractivity contribution in [2.75, 3.05) is 7.11 Å². The van der Waals surface area contributed by atoms with Crippen LogP contribution in [0.15, 0.2) is 0 Å². The van der Waals surface area contributed by atoms with Gasteiger partial charge in [0.05, 0.1) is 0 Å². The Balaban J connectivity index is -0.000000000500. The maximum atomic E-state index is 7.00. The van der Waals surface area contributed by atoms with E-state index in [-0.39, 0.29) is 50.6 Å². The van der Waals surface area contributed by atoms with Crippen LogP contribution < -0.4 is 0 Å². The zero-order valence-corrected chi connectivity index (χ0v) is 5.59. The molecule has 0 aromatic carbocycles. The summed E-state index contributed by atoms with van der Waals surface area (Å²) in [7, 11) is 1.00. The van der Waals surface area contributed by atoms with E-state index < -0.39 is 0 Å². The summed E-state index contributed by atoms with van der Waals surface area (Å²) < 4.78 is 0. The van der Waals surface area contributed by atoms with Gasteiger partial charge in [-0.3, -0.25) is 0 Å². The Morgan fingerprint density at radius 1 is 0.714 bits per heavy atom. The molecule has 48 valence electrons. The van der Waals surface area contributed by atoms with Crippen LogP contribution in [0.5, 0.6) is 0 Å².